The number of halogens is 3. The second-order valence-corrected chi connectivity index (χ2v) is 4.31. The van der Waals surface area contributed by atoms with Gasteiger partial charge >= 0.3 is 6.18 Å². The van der Waals surface area contributed by atoms with Crippen LogP contribution in [0.15, 0.2) is 18.3 Å². The lowest BCUT2D eigenvalue weighted by atomic mass is 10.0. The summed E-state index contributed by atoms with van der Waals surface area (Å²) in [5.41, 5.74) is 0.300. The predicted molar refractivity (Wildman–Crippen MR) is 65.2 cm³/mol. The van der Waals surface area contributed by atoms with Crippen molar-refractivity contribution in [3.8, 4) is 5.88 Å². The Hall–Kier alpha value is -0.990. The van der Waals surface area contributed by atoms with E-state index in [1.807, 2.05) is 0 Å². The van der Waals surface area contributed by atoms with Crippen molar-refractivity contribution >= 4 is 12.6 Å². The lowest BCUT2D eigenvalue weighted by Crippen LogP contribution is -2.20. The standard InChI is InChI=1S/C11H14F3NO3S/c12-11(13,14)6-18-9-2-1-7(5-15-9)10(17)8(16)3-4-19/h1-2,5,8,10,16-17,19H,3-4,6H2. The number of ether oxygens (including phenoxy) is 1. The minimum Gasteiger partial charge on any atom is -0.468 e. The van der Waals surface area contributed by atoms with Crippen molar-refractivity contribution in [1.82, 2.24) is 4.98 Å². The number of thiol groups is 1. The highest BCUT2D eigenvalue weighted by atomic mass is 32.1. The van der Waals surface area contributed by atoms with Crippen molar-refractivity contribution in [3.63, 3.8) is 0 Å². The Balaban J connectivity index is 2.60. The molecule has 1 aromatic rings. The van der Waals surface area contributed by atoms with Crippen LogP contribution in [-0.4, -0.2) is 39.8 Å². The van der Waals surface area contributed by atoms with E-state index in [-0.39, 0.29) is 12.3 Å². The molecule has 2 N–H and O–H groups in total. The van der Waals surface area contributed by atoms with E-state index in [1.165, 1.54) is 12.1 Å². The van der Waals surface area contributed by atoms with Gasteiger partial charge in [0.05, 0.1) is 6.10 Å². The highest BCUT2D eigenvalue weighted by Gasteiger charge is 2.28. The van der Waals surface area contributed by atoms with Gasteiger partial charge in [0, 0.05) is 17.8 Å². The fraction of sp³-hybridized carbons (Fsp3) is 0.545. The normalized spacial score (nSPS) is 15.1. The molecule has 0 bridgehead atoms. The highest BCUT2D eigenvalue weighted by molar-refractivity contribution is 7.80. The molecule has 0 amide bonds. The summed E-state index contributed by atoms with van der Waals surface area (Å²) in [6, 6.07) is 2.56. The maximum absolute atomic E-state index is 11.9. The average Bonchev–Trinajstić information content (AvgIpc) is 2.35. The molecule has 0 fully saturated rings. The molecule has 0 aromatic carbocycles. The molecule has 0 saturated carbocycles. The quantitative estimate of drug-likeness (QED) is 0.700. The first kappa shape index (κ1) is 16.1. The molecular formula is C11H14F3NO3S. The molecule has 19 heavy (non-hydrogen) atoms. The predicted octanol–water partition coefficient (Wildman–Crippen LogP) is 1.74. The van der Waals surface area contributed by atoms with Gasteiger partial charge in [0.15, 0.2) is 6.61 Å². The summed E-state index contributed by atoms with van der Waals surface area (Å²) in [7, 11) is 0. The third-order valence-electron chi connectivity index (χ3n) is 2.27. The van der Waals surface area contributed by atoms with Gasteiger partial charge < -0.3 is 14.9 Å². The molecule has 0 saturated heterocycles. The van der Waals surface area contributed by atoms with E-state index >= 15 is 0 Å². The van der Waals surface area contributed by atoms with Gasteiger partial charge in [-0.05, 0) is 18.2 Å². The van der Waals surface area contributed by atoms with Crippen LogP contribution in [0.2, 0.25) is 0 Å². The van der Waals surface area contributed by atoms with Crippen molar-refractivity contribution in [2.24, 2.45) is 0 Å². The minimum atomic E-state index is -4.43. The molecule has 1 heterocycles. The van der Waals surface area contributed by atoms with Gasteiger partial charge in [-0.25, -0.2) is 4.98 Å². The van der Waals surface area contributed by atoms with Crippen LogP contribution in [0, 0.1) is 0 Å². The van der Waals surface area contributed by atoms with Gasteiger partial charge in [-0.3, -0.25) is 0 Å². The summed E-state index contributed by atoms with van der Waals surface area (Å²) in [6.45, 7) is -1.43. The maximum atomic E-state index is 11.9. The molecule has 0 radical (unpaired) electrons. The van der Waals surface area contributed by atoms with Crippen molar-refractivity contribution in [2.45, 2.75) is 24.8 Å². The van der Waals surface area contributed by atoms with E-state index in [0.717, 1.165) is 6.20 Å². The molecule has 0 aliphatic carbocycles. The van der Waals surface area contributed by atoms with Gasteiger partial charge in [0.25, 0.3) is 0 Å². The van der Waals surface area contributed by atoms with E-state index in [1.54, 1.807) is 0 Å². The van der Waals surface area contributed by atoms with Crippen LogP contribution in [0.25, 0.3) is 0 Å². The number of hydrogen-bond acceptors (Lipinski definition) is 5. The highest BCUT2D eigenvalue weighted by Crippen LogP contribution is 2.21. The topological polar surface area (TPSA) is 62.6 Å². The fourth-order valence-corrected chi connectivity index (χ4v) is 1.58. The van der Waals surface area contributed by atoms with Crippen molar-refractivity contribution in [2.75, 3.05) is 12.4 Å². The van der Waals surface area contributed by atoms with E-state index in [0.29, 0.717) is 11.3 Å². The summed E-state index contributed by atoms with van der Waals surface area (Å²) in [5.74, 6) is 0.204. The first-order valence-electron chi connectivity index (χ1n) is 5.46. The Labute approximate surface area is 113 Å². The zero-order chi connectivity index (χ0) is 14.5. The lowest BCUT2D eigenvalue weighted by molar-refractivity contribution is -0.154. The molecule has 0 aliphatic heterocycles. The fourth-order valence-electron chi connectivity index (χ4n) is 1.32. The van der Waals surface area contributed by atoms with E-state index < -0.39 is 25.0 Å². The minimum absolute atomic E-state index is 0.197. The van der Waals surface area contributed by atoms with Crippen LogP contribution in [-0.2, 0) is 0 Å². The molecule has 1 rings (SSSR count). The summed E-state index contributed by atoms with van der Waals surface area (Å²) in [5, 5.41) is 19.3. The number of aliphatic hydroxyl groups excluding tert-OH is 2. The second-order valence-electron chi connectivity index (χ2n) is 3.86. The Morgan fingerprint density at radius 2 is 2.00 bits per heavy atom. The molecule has 8 heteroatoms. The smallest absolute Gasteiger partial charge is 0.422 e. The number of pyridine rings is 1. The van der Waals surface area contributed by atoms with Gasteiger partial charge in [-0.2, -0.15) is 25.8 Å². The molecule has 2 unspecified atom stereocenters. The van der Waals surface area contributed by atoms with Gasteiger partial charge in [-0.1, -0.05) is 0 Å². The maximum Gasteiger partial charge on any atom is 0.422 e. The van der Waals surface area contributed by atoms with Crippen LogP contribution in [0.3, 0.4) is 0 Å². The Kier molecular flexibility index (Phi) is 5.89. The van der Waals surface area contributed by atoms with Crippen LogP contribution in [0.4, 0.5) is 13.2 Å². The molecule has 1 aromatic heterocycles. The van der Waals surface area contributed by atoms with Crippen LogP contribution < -0.4 is 4.74 Å². The average molecular weight is 297 g/mol. The Bertz CT molecular complexity index is 386. The third kappa shape index (κ3) is 5.66. The number of nitrogens with zero attached hydrogens (tertiary/aromatic N) is 1. The van der Waals surface area contributed by atoms with Crippen LogP contribution >= 0.6 is 12.6 Å². The van der Waals surface area contributed by atoms with E-state index in [2.05, 4.69) is 22.3 Å². The first-order valence-corrected chi connectivity index (χ1v) is 6.09. The zero-order valence-electron chi connectivity index (χ0n) is 9.84. The molecular weight excluding hydrogens is 283 g/mol. The van der Waals surface area contributed by atoms with E-state index in [9.17, 15) is 23.4 Å². The lowest BCUT2D eigenvalue weighted by Gasteiger charge is -2.17. The van der Waals surface area contributed by atoms with Crippen molar-refractivity contribution in [3.05, 3.63) is 23.9 Å². The number of hydrogen-bond donors (Lipinski definition) is 3. The molecule has 2 atom stereocenters. The summed E-state index contributed by atoms with van der Waals surface area (Å²) < 4.78 is 40.1. The Morgan fingerprint density at radius 3 is 2.47 bits per heavy atom. The third-order valence-corrected chi connectivity index (χ3v) is 2.53. The monoisotopic (exact) mass is 297 g/mol. The zero-order valence-corrected chi connectivity index (χ0v) is 10.7. The molecule has 4 nitrogen and oxygen atoms in total. The summed E-state index contributed by atoms with van der Waals surface area (Å²) in [6.07, 6.45) is -5.13. The van der Waals surface area contributed by atoms with Crippen molar-refractivity contribution < 1.29 is 28.1 Å². The van der Waals surface area contributed by atoms with Gasteiger partial charge in [0.1, 0.15) is 6.10 Å². The second kappa shape index (κ2) is 6.97. The molecule has 0 spiro atoms. The number of rotatable bonds is 6. The van der Waals surface area contributed by atoms with E-state index in [4.69, 9.17) is 0 Å². The van der Waals surface area contributed by atoms with Crippen molar-refractivity contribution in [1.29, 1.82) is 0 Å². The summed E-state index contributed by atoms with van der Waals surface area (Å²) in [4.78, 5) is 3.63. The Morgan fingerprint density at radius 1 is 1.32 bits per heavy atom. The SMILES string of the molecule is OC(CCS)C(O)c1ccc(OCC(F)(F)F)nc1. The first-order chi connectivity index (χ1) is 8.83. The number of aliphatic hydroxyl groups is 2. The molecule has 108 valence electrons. The van der Waals surface area contributed by atoms with Crippen LogP contribution in [0.5, 0.6) is 5.88 Å². The van der Waals surface area contributed by atoms with Crippen LogP contribution in [0.1, 0.15) is 18.1 Å². The number of alkyl halides is 3. The van der Waals surface area contributed by atoms with Gasteiger partial charge in [-0.15, -0.1) is 0 Å². The van der Waals surface area contributed by atoms with Gasteiger partial charge in [0.2, 0.25) is 5.88 Å². The molecule has 0 aliphatic rings. The number of aromatic nitrogens is 1. The largest absolute Gasteiger partial charge is 0.468 e. The summed E-state index contributed by atoms with van der Waals surface area (Å²) >= 11 is 3.92.